The van der Waals surface area contributed by atoms with Gasteiger partial charge in [0.2, 0.25) is 5.84 Å². The molecule has 2 amide bonds. The Morgan fingerprint density at radius 1 is 1.26 bits per heavy atom. The minimum absolute atomic E-state index is 0.152. The maximum absolute atomic E-state index is 14.3. The van der Waals surface area contributed by atoms with Crippen LogP contribution < -0.4 is 15.6 Å². The van der Waals surface area contributed by atoms with Gasteiger partial charge in [-0.1, -0.05) is 18.2 Å². The highest BCUT2D eigenvalue weighted by atomic mass is 19.1. The molecule has 1 aromatic carbocycles. The van der Waals surface area contributed by atoms with E-state index in [9.17, 15) is 14.0 Å². The number of likely N-dealkylation sites (N-methyl/N-ethyl adjacent to an activating group) is 1. The minimum Gasteiger partial charge on any atom is -0.337 e. The van der Waals surface area contributed by atoms with Gasteiger partial charge in [-0.05, 0) is 32.3 Å². The topological polar surface area (TPSA) is 94.9 Å². The van der Waals surface area contributed by atoms with Crippen LogP contribution in [-0.4, -0.2) is 51.7 Å². The SMILES string of the molecule is Cc1cc2n(n1)CC[C@H](NC(=O)C1=NC3CC[C@@H](c4ccccc4F)N3N1)C(=O)N2C. The summed E-state index contributed by atoms with van der Waals surface area (Å²) in [5.74, 6) is -0.0459. The summed E-state index contributed by atoms with van der Waals surface area (Å²) in [6.45, 7) is 2.40. The van der Waals surface area contributed by atoms with Crippen molar-refractivity contribution in [3.63, 3.8) is 0 Å². The predicted octanol–water partition coefficient (Wildman–Crippen LogP) is 1.26. The Balaban J connectivity index is 1.27. The molecule has 2 N–H and O–H groups in total. The van der Waals surface area contributed by atoms with Gasteiger partial charge in [0.25, 0.3) is 11.8 Å². The number of hydrogen-bond donors (Lipinski definition) is 2. The highest BCUT2D eigenvalue weighted by Crippen LogP contribution is 2.38. The molecule has 4 heterocycles. The van der Waals surface area contributed by atoms with Crippen LogP contribution in [0.25, 0.3) is 0 Å². The van der Waals surface area contributed by atoms with E-state index < -0.39 is 11.9 Å². The number of aryl methyl sites for hydroxylation is 2. The molecule has 3 aliphatic rings. The van der Waals surface area contributed by atoms with Gasteiger partial charge in [-0.3, -0.25) is 19.9 Å². The van der Waals surface area contributed by atoms with Crippen LogP contribution in [0.3, 0.4) is 0 Å². The average Bonchev–Trinajstić information content (AvgIpc) is 3.42. The standard InChI is InChI=1S/C21H24FN7O2/c1-12-11-18-27(2)21(31)15(9-10-28(18)25-12)23-20(30)19-24-17-8-7-16(29(17)26-19)13-5-3-4-6-14(13)22/h3-6,11,15-17H,7-10H2,1-2H3,(H,23,30)(H,24,26)/t15-,16-,17?/m0/s1. The summed E-state index contributed by atoms with van der Waals surface area (Å²) < 4.78 is 16.0. The van der Waals surface area contributed by atoms with Gasteiger partial charge in [0, 0.05) is 25.2 Å². The number of aromatic nitrogens is 2. The van der Waals surface area contributed by atoms with E-state index in [1.807, 2.05) is 18.0 Å². The molecule has 10 heteroatoms. The lowest BCUT2D eigenvalue weighted by Crippen LogP contribution is -2.52. The first-order valence-electron chi connectivity index (χ1n) is 10.4. The molecule has 3 aliphatic heterocycles. The number of carbonyl (C=O) groups is 2. The number of amides is 2. The number of fused-ring (bicyclic) bond motifs is 2. The number of rotatable bonds is 3. The summed E-state index contributed by atoms with van der Waals surface area (Å²) in [5.41, 5.74) is 4.46. The number of benzene rings is 1. The molecule has 1 fully saturated rings. The molecule has 0 bridgehead atoms. The molecular formula is C21H24FN7O2. The third kappa shape index (κ3) is 3.36. The van der Waals surface area contributed by atoms with E-state index in [0.29, 0.717) is 30.8 Å². The fourth-order valence-electron chi connectivity index (χ4n) is 4.58. The van der Waals surface area contributed by atoms with Crippen LogP contribution in [0.1, 0.15) is 36.6 Å². The Kier molecular flexibility index (Phi) is 4.73. The largest absolute Gasteiger partial charge is 0.337 e. The van der Waals surface area contributed by atoms with Gasteiger partial charge < -0.3 is 5.32 Å². The lowest BCUT2D eigenvalue weighted by Gasteiger charge is -2.24. The summed E-state index contributed by atoms with van der Waals surface area (Å²) >= 11 is 0. The fraction of sp³-hybridized carbons (Fsp3) is 0.429. The van der Waals surface area contributed by atoms with Gasteiger partial charge in [-0.25, -0.2) is 14.1 Å². The van der Waals surface area contributed by atoms with Crippen molar-refractivity contribution in [3.05, 3.63) is 47.4 Å². The molecule has 31 heavy (non-hydrogen) atoms. The highest BCUT2D eigenvalue weighted by molar-refractivity contribution is 6.38. The van der Waals surface area contributed by atoms with E-state index in [1.54, 1.807) is 29.9 Å². The summed E-state index contributed by atoms with van der Waals surface area (Å²) in [4.78, 5) is 31.8. The average molecular weight is 425 g/mol. The normalized spacial score (nSPS) is 25.5. The first-order chi connectivity index (χ1) is 14.9. The van der Waals surface area contributed by atoms with Gasteiger partial charge in [0.15, 0.2) is 0 Å². The lowest BCUT2D eigenvalue weighted by atomic mass is 10.0. The Morgan fingerprint density at radius 3 is 2.87 bits per heavy atom. The van der Waals surface area contributed by atoms with Crippen molar-refractivity contribution in [3.8, 4) is 0 Å². The number of amidine groups is 1. The molecule has 0 radical (unpaired) electrons. The van der Waals surface area contributed by atoms with E-state index >= 15 is 0 Å². The second kappa shape index (κ2) is 7.45. The zero-order valence-electron chi connectivity index (χ0n) is 17.4. The lowest BCUT2D eigenvalue weighted by molar-refractivity contribution is -0.124. The molecule has 0 aliphatic carbocycles. The summed E-state index contributed by atoms with van der Waals surface area (Å²) in [5, 5.41) is 9.04. The van der Waals surface area contributed by atoms with Crippen molar-refractivity contribution in [2.75, 3.05) is 11.9 Å². The quantitative estimate of drug-likeness (QED) is 0.772. The monoisotopic (exact) mass is 425 g/mol. The van der Waals surface area contributed by atoms with Gasteiger partial charge in [0.05, 0.1) is 11.7 Å². The van der Waals surface area contributed by atoms with Crippen LogP contribution in [0.4, 0.5) is 10.2 Å². The molecular weight excluding hydrogens is 401 g/mol. The van der Waals surface area contributed by atoms with Crippen LogP contribution in [0.2, 0.25) is 0 Å². The van der Waals surface area contributed by atoms with Crippen LogP contribution in [0, 0.1) is 12.7 Å². The second-order valence-electron chi connectivity index (χ2n) is 8.17. The Labute approximate surface area is 178 Å². The van der Waals surface area contributed by atoms with Crippen molar-refractivity contribution in [1.82, 2.24) is 25.5 Å². The van der Waals surface area contributed by atoms with E-state index in [1.165, 1.54) is 11.0 Å². The maximum Gasteiger partial charge on any atom is 0.288 e. The number of hydrogen-bond acceptors (Lipinski definition) is 6. The smallest absolute Gasteiger partial charge is 0.288 e. The van der Waals surface area contributed by atoms with Gasteiger partial charge in [0.1, 0.15) is 23.8 Å². The van der Waals surface area contributed by atoms with Crippen molar-refractivity contribution in [2.24, 2.45) is 4.99 Å². The van der Waals surface area contributed by atoms with Gasteiger partial charge in [-0.2, -0.15) is 10.1 Å². The number of nitrogens with one attached hydrogen (secondary N) is 2. The zero-order valence-corrected chi connectivity index (χ0v) is 17.4. The minimum atomic E-state index is -0.679. The molecule has 162 valence electrons. The molecule has 1 unspecified atom stereocenters. The number of aliphatic imine (C=N–C) groups is 1. The molecule has 5 rings (SSSR count). The van der Waals surface area contributed by atoms with E-state index in [-0.39, 0.29) is 29.8 Å². The van der Waals surface area contributed by atoms with E-state index in [0.717, 1.165) is 12.1 Å². The van der Waals surface area contributed by atoms with E-state index in [2.05, 4.69) is 20.8 Å². The Hall–Kier alpha value is -3.27. The summed E-state index contributed by atoms with van der Waals surface area (Å²) in [6, 6.07) is 7.62. The first-order valence-corrected chi connectivity index (χ1v) is 10.4. The maximum atomic E-state index is 14.3. The third-order valence-electron chi connectivity index (χ3n) is 6.14. The molecule has 1 aromatic heterocycles. The number of hydrazine groups is 1. The van der Waals surface area contributed by atoms with E-state index in [4.69, 9.17) is 0 Å². The Bertz CT molecular complexity index is 1080. The highest BCUT2D eigenvalue weighted by Gasteiger charge is 2.42. The first kappa shape index (κ1) is 19.7. The van der Waals surface area contributed by atoms with Crippen LogP contribution in [0.15, 0.2) is 35.3 Å². The molecule has 3 atom stereocenters. The molecule has 2 aromatic rings. The van der Waals surface area contributed by atoms with Crippen LogP contribution >= 0.6 is 0 Å². The van der Waals surface area contributed by atoms with Gasteiger partial charge >= 0.3 is 0 Å². The van der Waals surface area contributed by atoms with Gasteiger partial charge in [-0.15, -0.1) is 0 Å². The molecule has 0 spiro atoms. The van der Waals surface area contributed by atoms with Crippen molar-refractivity contribution in [1.29, 1.82) is 0 Å². The predicted molar refractivity (Wildman–Crippen MR) is 111 cm³/mol. The van der Waals surface area contributed by atoms with Crippen molar-refractivity contribution < 1.29 is 14.0 Å². The fourth-order valence-corrected chi connectivity index (χ4v) is 4.58. The third-order valence-corrected chi connectivity index (χ3v) is 6.14. The molecule has 0 saturated carbocycles. The van der Waals surface area contributed by atoms with Crippen LogP contribution in [-0.2, 0) is 16.1 Å². The van der Waals surface area contributed by atoms with Crippen molar-refractivity contribution in [2.45, 2.75) is 51.0 Å². The number of carbonyl (C=O) groups excluding carboxylic acids is 2. The summed E-state index contributed by atoms with van der Waals surface area (Å²) in [7, 11) is 1.68. The van der Waals surface area contributed by atoms with Crippen LogP contribution in [0.5, 0.6) is 0 Å². The number of halogens is 1. The summed E-state index contributed by atoms with van der Waals surface area (Å²) in [6.07, 6.45) is 1.66. The number of nitrogens with zero attached hydrogens (tertiary/aromatic N) is 5. The second-order valence-corrected chi connectivity index (χ2v) is 8.17. The Morgan fingerprint density at radius 2 is 2.06 bits per heavy atom. The molecule has 1 saturated heterocycles. The zero-order chi connectivity index (χ0) is 21.7. The number of anilines is 1. The van der Waals surface area contributed by atoms with Crippen molar-refractivity contribution >= 4 is 23.5 Å². The molecule has 9 nitrogen and oxygen atoms in total.